The summed E-state index contributed by atoms with van der Waals surface area (Å²) >= 11 is 5.89. The van der Waals surface area contributed by atoms with E-state index in [1.165, 1.54) is 24.3 Å². The number of nitrogens with zero attached hydrogens (tertiary/aromatic N) is 1. The second-order valence-corrected chi connectivity index (χ2v) is 10.1. The van der Waals surface area contributed by atoms with Gasteiger partial charge >= 0.3 is 12.1 Å². The fourth-order valence-electron chi connectivity index (χ4n) is 4.79. The van der Waals surface area contributed by atoms with Crippen molar-refractivity contribution in [2.75, 3.05) is 11.9 Å². The summed E-state index contributed by atoms with van der Waals surface area (Å²) in [5, 5.41) is 14.2. The Balaban J connectivity index is 1.29. The van der Waals surface area contributed by atoms with Crippen molar-refractivity contribution in [1.82, 2.24) is 10.3 Å². The molecule has 0 saturated heterocycles. The van der Waals surface area contributed by atoms with Crippen LogP contribution in [0.15, 0.2) is 52.9 Å². The van der Waals surface area contributed by atoms with E-state index >= 15 is 0 Å². The summed E-state index contributed by atoms with van der Waals surface area (Å²) in [5.74, 6) is -3.73. The Morgan fingerprint density at radius 1 is 1.05 bits per heavy atom. The summed E-state index contributed by atoms with van der Waals surface area (Å²) in [6, 6.07) is 13.2. The van der Waals surface area contributed by atoms with Gasteiger partial charge in [-0.15, -0.1) is 0 Å². The van der Waals surface area contributed by atoms with Crippen LogP contribution in [0.2, 0.25) is 5.02 Å². The summed E-state index contributed by atoms with van der Waals surface area (Å²) in [4.78, 5) is 39.5. The van der Waals surface area contributed by atoms with Gasteiger partial charge in [-0.2, -0.15) is 13.2 Å². The molecule has 0 atom stereocenters. The summed E-state index contributed by atoms with van der Waals surface area (Å²) in [5.41, 5.74) is 0.898. The van der Waals surface area contributed by atoms with Crippen LogP contribution in [0.1, 0.15) is 66.3 Å². The molecular formula is C28H27ClF3N3O5. The maximum absolute atomic E-state index is 13.5. The smallest absolute Gasteiger partial charge is 0.452 e. The monoisotopic (exact) mass is 577 g/mol. The molecule has 4 rings (SSSR count). The Morgan fingerprint density at radius 2 is 1.75 bits per heavy atom. The van der Waals surface area contributed by atoms with Crippen LogP contribution in [0.25, 0.3) is 11.5 Å². The van der Waals surface area contributed by atoms with Crippen molar-refractivity contribution in [3.63, 3.8) is 0 Å². The molecule has 0 aliphatic heterocycles. The number of hydrogen-bond acceptors (Lipinski definition) is 5. The largest absolute Gasteiger partial charge is 0.481 e. The van der Waals surface area contributed by atoms with Gasteiger partial charge in [0.25, 0.3) is 5.91 Å². The van der Waals surface area contributed by atoms with Gasteiger partial charge in [0.2, 0.25) is 17.6 Å². The molecule has 0 radical (unpaired) electrons. The highest BCUT2D eigenvalue weighted by molar-refractivity contribution is 6.30. The number of alkyl halides is 3. The lowest BCUT2D eigenvalue weighted by molar-refractivity contribution is -0.153. The molecule has 1 aliphatic rings. The number of aromatic nitrogens is 1. The number of carboxylic acid groups (broad SMARTS) is 1. The third-order valence-corrected chi connectivity index (χ3v) is 7.02. The van der Waals surface area contributed by atoms with E-state index in [0.29, 0.717) is 11.6 Å². The first-order chi connectivity index (χ1) is 19.0. The van der Waals surface area contributed by atoms with Crippen LogP contribution in [0.3, 0.4) is 0 Å². The molecule has 3 N–H and O–H groups in total. The Labute approximate surface area is 232 Å². The first-order valence-electron chi connectivity index (χ1n) is 12.7. The molecule has 8 nitrogen and oxygen atoms in total. The van der Waals surface area contributed by atoms with E-state index in [2.05, 4.69) is 15.6 Å². The summed E-state index contributed by atoms with van der Waals surface area (Å²) < 4.78 is 45.3. The molecule has 12 heteroatoms. The Hall–Kier alpha value is -3.86. The number of oxazole rings is 1. The number of rotatable bonds is 9. The second kappa shape index (κ2) is 12.5. The minimum absolute atomic E-state index is 0.174. The van der Waals surface area contributed by atoms with Gasteiger partial charge in [0.15, 0.2) is 5.69 Å². The standard InChI is InChI=1S/C28H27ClF3N3O5/c29-20-3-1-2-19(15-20)27-35-24(25(40-27)28(30,31)32)26(39)33-13-12-22(36)34-21-10-8-18(9-11-21)17-6-4-16(5-7-17)14-23(37)38/h1-3,8-11,15-17H,4-7,12-14H2,(H,33,39)(H,34,36)(H,37,38)/t16-,17-. The average Bonchev–Trinajstić information content (AvgIpc) is 3.36. The van der Waals surface area contributed by atoms with Crippen LogP contribution in [-0.4, -0.2) is 34.4 Å². The van der Waals surface area contributed by atoms with E-state index in [4.69, 9.17) is 21.1 Å². The van der Waals surface area contributed by atoms with Gasteiger partial charge in [0.1, 0.15) is 0 Å². The van der Waals surface area contributed by atoms with Crippen molar-refractivity contribution in [3.8, 4) is 11.5 Å². The van der Waals surface area contributed by atoms with Crippen LogP contribution >= 0.6 is 11.6 Å². The fourth-order valence-corrected chi connectivity index (χ4v) is 4.98. The number of carbonyl (C=O) groups excluding carboxylic acids is 2. The molecule has 1 aromatic heterocycles. The van der Waals surface area contributed by atoms with E-state index in [9.17, 15) is 27.6 Å². The average molecular weight is 578 g/mol. The first-order valence-corrected chi connectivity index (χ1v) is 13.1. The Bertz CT molecular complexity index is 1370. The molecule has 212 valence electrons. The number of aliphatic carboxylic acids is 1. The molecule has 2 amide bonds. The number of hydrogen-bond donors (Lipinski definition) is 3. The number of benzene rings is 2. The maximum atomic E-state index is 13.5. The molecule has 0 unspecified atom stereocenters. The maximum Gasteiger partial charge on any atom is 0.452 e. The topological polar surface area (TPSA) is 122 Å². The number of carboxylic acids is 1. The number of halogens is 4. The zero-order chi connectivity index (χ0) is 28.9. The number of nitrogens with one attached hydrogen (secondary N) is 2. The molecule has 3 aromatic rings. The van der Waals surface area contributed by atoms with Crippen LogP contribution in [0, 0.1) is 5.92 Å². The van der Waals surface area contributed by atoms with E-state index in [1.807, 2.05) is 12.1 Å². The van der Waals surface area contributed by atoms with Crippen LogP contribution < -0.4 is 10.6 Å². The van der Waals surface area contributed by atoms with E-state index in [1.54, 1.807) is 12.1 Å². The van der Waals surface area contributed by atoms with E-state index < -0.39 is 41.3 Å². The molecule has 1 saturated carbocycles. The molecule has 0 bridgehead atoms. The van der Waals surface area contributed by atoms with E-state index in [0.717, 1.165) is 31.2 Å². The van der Waals surface area contributed by atoms with Crippen molar-refractivity contribution in [3.05, 3.63) is 70.6 Å². The van der Waals surface area contributed by atoms with Gasteiger partial charge in [-0.25, -0.2) is 4.98 Å². The van der Waals surface area contributed by atoms with Gasteiger partial charge in [-0.05, 0) is 73.4 Å². The quantitative estimate of drug-likeness (QED) is 0.266. The number of anilines is 1. The number of amides is 2. The first kappa shape index (κ1) is 29.1. The molecule has 1 heterocycles. The molecular weight excluding hydrogens is 551 g/mol. The van der Waals surface area contributed by atoms with Crippen molar-refractivity contribution in [2.45, 2.75) is 50.6 Å². The Morgan fingerprint density at radius 3 is 2.38 bits per heavy atom. The van der Waals surface area contributed by atoms with Gasteiger partial charge in [0, 0.05) is 35.7 Å². The summed E-state index contributed by atoms with van der Waals surface area (Å²) in [6.07, 6.45) is -1.40. The minimum Gasteiger partial charge on any atom is -0.481 e. The van der Waals surface area contributed by atoms with E-state index in [-0.39, 0.29) is 35.9 Å². The van der Waals surface area contributed by atoms with Crippen molar-refractivity contribution in [1.29, 1.82) is 0 Å². The van der Waals surface area contributed by atoms with Gasteiger partial charge in [-0.3, -0.25) is 14.4 Å². The van der Waals surface area contributed by atoms with Crippen molar-refractivity contribution in [2.24, 2.45) is 5.92 Å². The van der Waals surface area contributed by atoms with Gasteiger partial charge < -0.3 is 20.2 Å². The van der Waals surface area contributed by atoms with Crippen molar-refractivity contribution < 1.29 is 37.1 Å². The molecule has 2 aromatic carbocycles. The highest BCUT2D eigenvalue weighted by Gasteiger charge is 2.42. The van der Waals surface area contributed by atoms with Crippen LogP contribution in [0.5, 0.6) is 0 Å². The lowest BCUT2D eigenvalue weighted by atomic mass is 9.77. The zero-order valence-corrected chi connectivity index (χ0v) is 22.0. The molecule has 1 fully saturated rings. The lowest BCUT2D eigenvalue weighted by Gasteiger charge is -2.28. The van der Waals surface area contributed by atoms with Crippen LogP contribution in [-0.2, 0) is 15.8 Å². The summed E-state index contributed by atoms with van der Waals surface area (Å²) in [6.45, 7) is -0.223. The summed E-state index contributed by atoms with van der Waals surface area (Å²) in [7, 11) is 0. The number of carbonyl (C=O) groups is 3. The second-order valence-electron chi connectivity index (χ2n) is 9.70. The highest BCUT2D eigenvalue weighted by Crippen LogP contribution is 2.38. The lowest BCUT2D eigenvalue weighted by Crippen LogP contribution is -2.29. The predicted molar refractivity (Wildman–Crippen MR) is 141 cm³/mol. The Kier molecular flexibility index (Phi) is 9.14. The highest BCUT2D eigenvalue weighted by atomic mass is 35.5. The normalized spacial score (nSPS) is 17.3. The molecule has 40 heavy (non-hydrogen) atoms. The van der Waals surface area contributed by atoms with Gasteiger partial charge in [0.05, 0.1) is 0 Å². The SMILES string of the molecule is O=C(O)C[C@H]1CC[C@H](c2ccc(NC(=O)CCNC(=O)c3nc(-c4cccc(Cl)c4)oc3C(F)(F)F)cc2)CC1. The third kappa shape index (κ3) is 7.62. The zero-order valence-electron chi connectivity index (χ0n) is 21.3. The minimum atomic E-state index is -4.96. The third-order valence-electron chi connectivity index (χ3n) is 6.78. The van der Waals surface area contributed by atoms with Gasteiger partial charge in [-0.1, -0.05) is 29.8 Å². The van der Waals surface area contributed by atoms with Crippen LogP contribution in [0.4, 0.5) is 18.9 Å². The molecule has 0 spiro atoms. The predicted octanol–water partition coefficient (Wildman–Crippen LogP) is 6.52. The van der Waals surface area contributed by atoms with Crippen molar-refractivity contribution >= 4 is 35.1 Å². The molecule has 1 aliphatic carbocycles. The fraction of sp³-hybridized carbons (Fsp3) is 0.357.